The lowest BCUT2D eigenvalue weighted by atomic mass is 9.98. The predicted molar refractivity (Wildman–Crippen MR) is 90.4 cm³/mol. The summed E-state index contributed by atoms with van der Waals surface area (Å²) in [5, 5.41) is 6.92. The van der Waals surface area contributed by atoms with Crippen molar-refractivity contribution in [3.63, 3.8) is 0 Å². The maximum absolute atomic E-state index is 11.9. The Morgan fingerprint density at radius 3 is 2.96 bits per heavy atom. The molecule has 1 N–H and O–H groups in total. The van der Waals surface area contributed by atoms with Crippen molar-refractivity contribution < 1.29 is 9.53 Å². The Morgan fingerprint density at radius 2 is 2.17 bits per heavy atom. The zero-order valence-corrected chi connectivity index (χ0v) is 13.9. The van der Waals surface area contributed by atoms with Crippen LogP contribution in [0.2, 0.25) is 0 Å². The predicted octanol–water partition coefficient (Wildman–Crippen LogP) is 2.70. The first-order valence-corrected chi connectivity index (χ1v) is 8.64. The molecule has 1 amide bonds. The highest BCUT2D eigenvalue weighted by Crippen LogP contribution is 2.23. The molecule has 128 valence electrons. The average molecular weight is 328 g/mol. The number of nitrogens with zero attached hydrogens (tertiary/aromatic N) is 3. The summed E-state index contributed by atoms with van der Waals surface area (Å²) in [4.78, 5) is 15.8. The van der Waals surface area contributed by atoms with Gasteiger partial charge in [0.1, 0.15) is 18.4 Å². The zero-order chi connectivity index (χ0) is 16.6. The highest BCUT2D eigenvalue weighted by Gasteiger charge is 2.14. The highest BCUT2D eigenvalue weighted by atomic mass is 16.5. The molecule has 6 heteroatoms. The number of rotatable bonds is 7. The first kappa shape index (κ1) is 16.5. The Labute approximate surface area is 142 Å². The van der Waals surface area contributed by atoms with Crippen LogP contribution in [-0.2, 0) is 17.9 Å². The van der Waals surface area contributed by atoms with E-state index >= 15 is 0 Å². The van der Waals surface area contributed by atoms with E-state index in [0.29, 0.717) is 25.6 Å². The van der Waals surface area contributed by atoms with Gasteiger partial charge in [0.25, 0.3) is 0 Å². The molecule has 1 fully saturated rings. The van der Waals surface area contributed by atoms with Crippen LogP contribution in [0.1, 0.15) is 44.1 Å². The molecule has 3 rings (SSSR count). The van der Waals surface area contributed by atoms with Crippen molar-refractivity contribution in [3.05, 3.63) is 42.5 Å². The zero-order valence-electron chi connectivity index (χ0n) is 13.9. The topological polar surface area (TPSA) is 69.0 Å². The summed E-state index contributed by atoms with van der Waals surface area (Å²) in [6, 6.07) is 8.00. The average Bonchev–Trinajstić information content (AvgIpc) is 3.13. The Bertz CT molecular complexity index is 636. The standard InChI is InChI=1S/C18H24N4O2/c23-18(9-10-22-14-19-13-21-22)20-12-15-5-4-8-17(11-15)24-16-6-2-1-3-7-16/h4-5,8,11,13-14,16H,1-3,6-7,9-10,12H2,(H,20,23). The Kier molecular flexibility index (Phi) is 5.82. The van der Waals surface area contributed by atoms with Crippen molar-refractivity contribution in [1.82, 2.24) is 20.1 Å². The van der Waals surface area contributed by atoms with Crippen molar-refractivity contribution in [2.45, 2.75) is 57.7 Å². The van der Waals surface area contributed by atoms with Gasteiger partial charge in [-0.1, -0.05) is 18.6 Å². The Morgan fingerprint density at radius 1 is 1.29 bits per heavy atom. The minimum absolute atomic E-state index is 0.00380. The number of amides is 1. The Hall–Kier alpha value is -2.37. The smallest absolute Gasteiger partial charge is 0.222 e. The molecule has 0 radical (unpaired) electrons. The van der Waals surface area contributed by atoms with Crippen LogP contribution >= 0.6 is 0 Å². The van der Waals surface area contributed by atoms with Crippen LogP contribution in [0.25, 0.3) is 0 Å². The molecular weight excluding hydrogens is 304 g/mol. The van der Waals surface area contributed by atoms with E-state index in [1.165, 1.54) is 25.6 Å². The van der Waals surface area contributed by atoms with Gasteiger partial charge in [-0.25, -0.2) is 4.98 Å². The molecule has 2 aromatic rings. The van der Waals surface area contributed by atoms with Crippen LogP contribution in [-0.4, -0.2) is 26.8 Å². The number of hydrogen-bond acceptors (Lipinski definition) is 4. The third-order valence-corrected chi connectivity index (χ3v) is 4.28. The van der Waals surface area contributed by atoms with Crippen molar-refractivity contribution in [2.24, 2.45) is 0 Å². The minimum Gasteiger partial charge on any atom is -0.490 e. The first-order valence-electron chi connectivity index (χ1n) is 8.64. The minimum atomic E-state index is 0.00380. The molecule has 0 spiro atoms. The van der Waals surface area contributed by atoms with E-state index in [0.717, 1.165) is 24.2 Å². The van der Waals surface area contributed by atoms with E-state index in [9.17, 15) is 4.79 Å². The second-order valence-corrected chi connectivity index (χ2v) is 6.21. The molecule has 1 aliphatic carbocycles. The van der Waals surface area contributed by atoms with Gasteiger partial charge in [0.05, 0.1) is 12.6 Å². The molecule has 1 heterocycles. The molecule has 6 nitrogen and oxygen atoms in total. The lowest BCUT2D eigenvalue weighted by Crippen LogP contribution is -2.24. The van der Waals surface area contributed by atoms with Crippen LogP contribution in [0.5, 0.6) is 5.75 Å². The molecule has 0 unspecified atom stereocenters. The van der Waals surface area contributed by atoms with Crippen LogP contribution in [0.3, 0.4) is 0 Å². The summed E-state index contributed by atoms with van der Waals surface area (Å²) >= 11 is 0. The summed E-state index contributed by atoms with van der Waals surface area (Å²) < 4.78 is 7.72. The van der Waals surface area contributed by atoms with Crippen molar-refractivity contribution in [3.8, 4) is 5.75 Å². The lowest BCUT2D eigenvalue weighted by Gasteiger charge is -2.23. The maximum atomic E-state index is 11.9. The number of carbonyl (C=O) groups is 1. The highest BCUT2D eigenvalue weighted by molar-refractivity contribution is 5.75. The van der Waals surface area contributed by atoms with Crippen LogP contribution in [0, 0.1) is 0 Å². The molecule has 0 saturated heterocycles. The summed E-state index contributed by atoms with van der Waals surface area (Å²) in [6.07, 6.45) is 9.92. The lowest BCUT2D eigenvalue weighted by molar-refractivity contribution is -0.121. The Balaban J connectivity index is 1.44. The normalized spacial score (nSPS) is 15.2. The fourth-order valence-corrected chi connectivity index (χ4v) is 2.96. The van der Waals surface area contributed by atoms with E-state index in [1.54, 1.807) is 11.0 Å². The van der Waals surface area contributed by atoms with E-state index in [4.69, 9.17) is 4.74 Å². The van der Waals surface area contributed by atoms with Gasteiger partial charge in [-0.05, 0) is 43.4 Å². The molecule has 1 saturated carbocycles. The molecule has 0 aliphatic heterocycles. The second kappa shape index (κ2) is 8.47. The van der Waals surface area contributed by atoms with Gasteiger partial charge in [0.15, 0.2) is 0 Å². The van der Waals surface area contributed by atoms with Crippen molar-refractivity contribution >= 4 is 5.91 Å². The monoisotopic (exact) mass is 328 g/mol. The van der Waals surface area contributed by atoms with Crippen LogP contribution < -0.4 is 10.1 Å². The fraction of sp³-hybridized carbons (Fsp3) is 0.500. The van der Waals surface area contributed by atoms with E-state index in [1.807, 2.05) is 24.3 Å². The van der Waals surface area contributed by atoms with Gasteiger partial charge in [0, 0.05) is 13.0 Å². The third kappa shape index (κ3) is 5.08. The van der Waals surface area contributed by atoms with E-state index in [-0.39, 0.29) is 5.91 Å². The number of nitrogens with one attached hydrogen (secondary N) is 1. The van der Waals surface area contributed by atoms with Crippen molar-refractivity contribution in [1.29, 1.82) is 0 Å². The molecule has 1 aromatic carbocycles. The van der Waals surface area contributed by atoms with Gasteiger partial charge in [-0.3, -0.25) is 9.48 Å². The van der Waals surface area contributed by atoms with Gasteiger partial charge < -0.3 is 10.1 Å². The summed E-state index contributed by atoms with van der Waals surface area (Å²) in [6.45, 7) is 1.05. The molecule has 24 heavy (non-hydrogen) atoms. The van der Waals surface area contributed by atoms with E-state index < -0.39 is 0 Å². The fourth-order valence-electron chi connectivity index (χ4n) is 2.96. The van der Waals surface area contributed by atoms with Gasteiger partial charge in [-0.15, -0.1) is 0 Å². The van der Waals surface area contributed by atoms with Gasteiger partial charge in [0.2, 0.25) is 5.91 Å². The van der Waals surface area contributed by atoms with Crippen LogP contribution in [0.15, 0.2) is 36.9 Å². The number of hydrogen-bond donors (Lipinski definition) is 1. The second-order valence-electron chi connectivity index (χ2n) is 6.21. The van der Waals surface area contributed by atoms with Crippen molar-refractivity contribution in [2.75, 3.05) is 0 Å². The number of aromatic nitrogens is 3. The number of carbonyl (C=O) groups excluding carboxylic acids is 1. The van der Waals surface area contributed by atoms with Crippen LogP contribution in [0.4, 0.5) is 0 Å². The number of ether oxygens (including phenoxy) is 1. The summed E-state index contributed by atoms with van der Waals surface area (Å²) in [5.74, 6) is 0.903. The quantitative estimate of drug-likeness (QED) is 0.848. The summed E-state index contributed by atoms with van der Waals surface area (Å²) in [5.41, 5.74) is 1.05. The molecule has 0 atom stereocenters. The SMILES string of the molecule is O=C(CCn1cncn1)NCc1cccc(OC2CCCCC2)c1. The largest absolute Gasteiger partial charge is 0.490 e. The molecule has 1 aromatic heterocycles. The van der Waals surface area contributed by atoms with Gasteiger partial charge >= 0.3 is 0 Å². The summed E-state index contributed by atoms with van der Waals surface area (Å²) in [7, 11) is 0. The van der Waals surface area contributed by atoms with E-state index in [2.05, 4.69) is 15.4 Å². The molecule has 1 aliphatic rings. The van der Waals surface area contributed by atoms with Gasteiger partial charge in [-0.2, -0.15) is 5.10 Å². The maximum Gasteiger partial charge on any atom is 0.222 e. The molecule has 0 bridgehead atoms. The molecular formula is C18H24N4O2. The first-order chi connectivity index (χ1) is 11.8. The number of benzene rings is 1. The third-order valence-electron chi connectivity index (χ3n) is 4.28. The number of aryl methyl sites for hydroxylation is 1.